The second-order valence-electron chi connectivity index (χ2n) is 5.03. The number of rotatable bonds is 3. The van der Waals surface area contributed by atoms with Gasteiger partial charge >= 0.3 is 0 Å². The second kappa shape index (κ2) is 6.25. The van der Waals surface area contributed by atoms with Gasteiger partial charge in [-0.2, -0.15) is 0 Å². The first-order valence-corrected chi connectivity index (χ1v) is 7.22. The number of benzene rings is 1. The molecule has 0 aromatic heterocycles. The number of aliphatic hydroxyl groups excluding tert-OH is 1. The number of halogens is 2. The summed E-state index contributed by atoms with van der Waals surface area (Å²) in [6.07, 6.45) is 3.93. The van der Waals surface area contributed by atoms with Crippen molar-refractivity contribution in [1.29, 1.82) is 0 Å². The van der Waals surface area contributed by atoms with Crippen molar-refractivity contribution >= 4 is 23.2 Å². The van der Waals surface area contributed by atoms with E-state index in [2.05, 4.69) is 0 Å². The van der Waals surface area contributed by atoms with Gasteiger partial charge < -0.3 is 10.8 Å². The standard InChI is InChI=1S/C14H19Cl2NO/c15-12-6-5-9(7-13(12)16)11(8-17)10-3-1-2-4-14(10)18/h5-7,10-11,14,18H,1-4,8,17H2/t10-,11+,14-/m1/s1. The van der Waals surface area contributed by atoms with Crippen molar-refractivity contribution in [3.63, 3.8) is 0 Å². The lowest BCUT2D eigenvalue weighted by Gasteiger charge is -2.34. The maximum Gasteiger partial charge on any atom is 0.0595 e. The fourth-order valence-corrected chi connectivity index (χ4v) is 3.22. The Kier molecular flexibility index (Phi) is 4.91. The van der Waals surface area contributed by atoms with Crippen molar-refractivity contribution in [3.8, 4) is 0 Å². The maximum absolute atomic E-state index is 10.1. The van der Waals surface area contributed by atoms with Gasteiger partial charge in [-0.15, -0.1) is 0 Å². The van der Waals surface area contributed by atoms with E-state index in [1.807, 2.05) is 12.1 Å². The molecule has 1 aliphatic rings. The fourth-order valence-electron chi connectivity index (χ4n) is 2.91. The third kappa shape index (κ3) is 3.00. The Bertz CT molecular complexity index is 411. The zero-order chi connectivity index (χ0) is 13.1. The van der Waals surface area contributed by atoms with Gasteiger partial charge in [0.1, 0.15) is 0 Å². The highest BCUT2D eigenvalue weighted by atomic mass is 35.5. The van der Waals surface area contributed by atoms with Crippen LogP contribution in [0, 0.1) is 5.92 Å². The minimum Gasteiger partial charge on any atom is -0.393 e. The number of nitrogens with two attached hydrogens (primary N) is 1. The molecule has 0 spiro atoms. The minimum absolute atomic E-state index is 0.162. The van der Waals surface area contributed by atoms with Crippen molar-refractivity contribution in [2.75, 3.05) is 6.54 Å². The lowest BCUT2D eigenvalue weighted by atomic mass is 9.75. The van der Waals surface area contributed by atoms with Crippen molar-refractivity contribution in [2.24, 2.45) is 11.7 Å². The normalized spacial score (nSPS) is 26.0. The predicted octanol–water partition coefficient (Wildman–Crippen LogP) is 3.59. The highest BCUT2D eigenvalue weighted by molar-refractivity contribution is 6.42. The molecule has 0 saturated heterocycles. The summed E-state index contributed by atoms with van der Waals surface area (Å²) in [6.45, 7) is 0.527. The monoisotopic (exact) mass is 287 g/mol. The van der Waals surface area contributed by atoms with E-state index >= 15 is 0 Å². The summed E-state index contributed by atoms with van der Waals surface area (Å²) < 4.78 is 0. The molecule has 1 saturated carbocycles. The summed E-state index contributed by atoms with van der Waals surface area (Å²) in [6, 6.07) is 5.65. The van der Waals surface area contributed by atoms with Crippen LogP contribution in [0.2, 0.25) is 10.0 Å². The molecule has 1 aromatic carbocycles. The number of hydrogen-bond acceptors (Lipinski definition) is 2. The smallest absolute Gasteiger partial charge is 0.0595 e. The van der Waals surface area contributed by atoms with Crippen LogP contribution in [0.1, 0.15) is 37.2 Å². The number of aliphatic hydroxyl groups is 1. The fraction of sp³-hybridized carbons (Fsp3) is 0.571. The van der Waals surface area contributed by atoms with Gasteiger partial charge in [0.25, 0.3) is 0 Å². The molecule has 100 valence electrons. The molecule has 18 heavy (non-hydrogen) atoms. The average Bonchev–Trinajstić information content (AvgIpc) is 2.37. The molecule has 2 rings (SSSR count). The van der Waals surface area contributed by atoms with E-state index in [-0.39, 0.29) is 17.9 Å². The molecule has 4 heteroatoms. The van der Waals surface area contributed by atoms with E-state index in [1.54, 1.807) is 6.07 Å². The number of hydrogen-bond donors (Lipinski definition) is 2. The zero-order valence-electron chi connectivity index (χ0n) is 10.3. The third-order valence-electron chi connectivity index (χ3n) is 3.92. The van der Waals surface area contributed by atoms with Gasteiger partial charge in [-0.25, -0.2) is 0 Å². The SMILES string of the molecule is NC[C@@H](c1ccc(Cl)c(Cl)c1)[C@H]1CCCC[C@H]1O. The molecule has 0 heterocycles. The van der Waals surface area contributed by atoms with Crippen molar-refractivity contribution in [1.82, 2.24) is 0 Å². The van der Waals surface area contributed by atoms with Gasteiger partial charge in [0.2, 0.25) is 0 Å². The molecule has 0 radical (unpaired) electrons. The Balaban J connectivity index is 2.23. The van der Waals surface area contributed by atoms with E-state index in [1.165, 1.54) is 6.42 Å². The van der Waals surface area contributed by atoms with E-state index in [0.717, 1.165) is 24.8 Å². The Labute approximate surface area is 118 Å². The van der Waals surface area contributed by atoms with Crippen LogP contribution in [-0.2, 0) is 0 Å². The molecule has 1 aliphatic carbocycles. The van der Waals surface area contributed by atoms with Crippen LogP contribution in [0.5, 0.6) is 0 Å². The summed E-state index contributed by atoms with van der Waals surface area (Å²) in [5, 5.41) is 11.3. The van der Waals surface area contributed by atoms with Crippen LogP contribution >= 0.6 is 23.2 Å². The van der Waals surface area contributed by atoms with Gasteiger partial charge in [0.15, 0.2) is 0 Å². The van der Waals surface area contributed by atoms with Crippen LogP contribution in [0.3, 0.4) is 0 Å². The lowest BCUT2D eigenvalue weighted by Crippen LogP contribution is -2.33. The van der Waals surface area contributed by atoms with E-state index < -0.39 is 0 Å². The first kappa shape index (κ1) is 14.1. The topological polar surface area (TPSA) is 46.2 Å². The van der Waals surface area contributed by atoms with Gasteiger partial charge in [-0.3, -0.25) is 0 Å². The highest BCUT2D eigenvalue weighted by Crippen LogP contribution is 2.37. The van der Waals surface area contributed by atoms with Crippen molar-refractivity contribution in [3.05, 3.63) is 33.8 Å². The summed E-state index contributed by atoms with van der Waals surface area (Å²) in [5.74, 6) is 0.399. The Morgan fingerprint density at radius 2 is 1.94 bits per heavy atom. The largest absolute Gasteiger partial charge is 0.393 e. The van der Waals surface area contributed by atoms with E-state index in [4.69, 9.17) is 28.9 Å². The molecule has 0 bridgehead atoms. The predicted molar refractivity (Wildman–Crippen MR) is 76.2 cm³/mol. The van der Waals surface area contributed by atoms with E-state index in [0.29, 0.717) is 16.6 Å². The van der Waals surface area contributed by atoms with Crippen LogP contribution in [0.4, 0.5) is 0 Å². The second-order valence-corrected chi connectivity index (χ2v) is 5.85. The molecule has 3 atom stereocenters. The lowest BCUT2D eigenvalue weighted by molar-refractivity contribution is 0.0561. The van der Waals surface area contributed by atoms with E-state index in [9.17, 15) is 5.11 Å². The Hall–Kier alpha value is -0.280. The molecule has 1 aromatic rings. The van der Waals surface area contributed by atoms with Gasteiger partial charge in [0.05, 0.1) is 16.1 Å². The summed E-state index contributed by atoms with van der Waals surface area (Å²) in [5.41, 5.74) is 6.98. The molecule has 0 aliphatic heterocycles. The van der Waals surface area contributed by atoms with Crippen LogP contribution in [0.25, 0.3) is 0 Å². The molecule has 0 unspecified atom stereocenters. The van der Waals surface area contributed by atoms with Crippen LogP contribution in [-0.4, -0.2) is 17.8 Å². The summed E-state index contributed by atoms with van der Waals surface area (Å²) in [7, 11) is 0. The van der Waals surface area contributed by atoms with Crippen molar-refractivity contribution in [2.45, 2.75) is 37.7 Å². The van der Waals surface area contributed by atoms with Crippen molar-refractivity contribution < 1.29 is 5.11 Å². The molecule has 2 nitrogen and oxygen atoms in total. The quantitative estimate of drug-likeness (QED) is 0.893. The van der Waals surface area contributed by atoms with Gasteiger partial charge in [0, 0.05) is 5.92 Å². The maximum atomic E-state index is 10.1. The molecular formula is C14H19Cl2NO. The molecule has 1 fully saturated rings. The summed E-state index contributed by atoms with van der Waals surface area (Å²) >= 11 is 12.0. The average molecular weight is 288 g/mol. The Morgan fingerprint density at radius 1 is 1.22 bits per heavy atom. The molecular weight excluding hydrogens is 269 g/mol. The first-order chi connectivity index (χ1) is 8.63. The van der Waals surface area contributed by atoms with Gasteiger partial charge in [-0.1, -0.05) is 42.1 Å². The van der Waals surface area contributed by atoms with Crippen LogP contribution < -0.4 is 5.73 Å². The third-order valence-corrected chi connectivity index (χ3v) is 4.66. The highest BCUT2D eigenvalue weighted by Gasteiger charge is 2.30. The minimum atomic E-state index is -0.248. The summed E-state index contributed by atoms with van der Waals surface area (Å²) in [4.78, 5) is 0. The van der Waals surface area contributed by atoms with Gasteiger partial charge in [-0.05, 0) is 43.0 Å². The Morgan fingerprint density at radius 3 is 2.56 bits per heavy atom. The first-order valence-electron chi connectivity index (χ1n) is 6.46. The zero-order valence-corrected chi connectivity index (χ0v) is 11.8. The van der Waals surface area contributed by atoms with Crippen LogP contribution in [0.15, 0.2) is 18.2 Å². The molecule has 3 N–H and O–H groups in total. The molecule has 0 amide bonds.